The van der Waals surface area contributed by atoms with Crippen molar-refractivity contribution in [1.29, 1.82) is 0 Å². The number of carbonyl (C=O) groups is 1. The minimum atomic E-state index is -3.32. The van der Waals surface area contributed by atoms with Gasteiger partial charge in [0, 0.05) is 15.8 Å². The summed E-state index contributed by atoms with van der Waals surface area (Å²) >= 11 is 3.26. The predicted molar refractivity (Wildman–Crippen MR) is 67.4 cm³/mol. The summed E-state index contributed by atoms with van der Waals surface area (Å²) in [5.74, 6) is -0.370. The van der Waals surface area contributed by atoms with Crippen molar-refractivity contribution in [3.05, 3.63) is 34.3 Å². The fraction of sp³-hybridized carbons (Fsp3) is 0.364. The molecule has 0 bridgehead atoms. The van der Waals surface area contributed by atoms with Crippen LogP contribution in [0, 0.1) is 0 Å². The van der Waals surface area contributed by atoms with E-state index in [2.05, 4.69) is 15.9 Å². The second-order valence-corrected chi connectivity index (χ2v) is 6.99. The molecule has 0 spiro atoms. The van der Waals surface area contributed by atoms with E-state index in [1.54, 1.807) is 31.2 Å². The van der Waals surface area contributed by atoms with Gasteiger partial charge in [0.1, 0.15) is 5.25 Å². The van der Waals surface area contributed by atoms with E-state index >= 15 is 0 Å². The van der Waals surface area contributed by atoms with Gasteiger partial charge < -0.3 is 0 Å². The fourth-order valence-corrected chi connectivity index (χ4v) is 2.49. The van der Waals surface area contributed by atoms with Gasteiger partial charge in [-0.3, -0.25) is 4.79 Å². The zero-order chi connectivity index (χ0) is 12.3. The van der Waals surface area contributed by atoms with Crippen LogP contribution in [0.1, 0.15) is 24.2 Å². The summed E-state index contributed by atoms with van der Waals surface area (Å²) in [5.41, 5.74) is 0.424. The summed E-state index contributed by atoms with van der Waals surface area (Å²) in [5, 5.41) is -0.973. The number of halogens is 1. The zero-order valence-corrected chi connectivity index (χ0v) is 11.5. The molecule has 0 saturated heterocycles. The molecular formula is C11H13BrO3S. The Hall–Kier alpha value is -0.680. The third kappa shape index (κ3) is 2.92. The Morgan fingerprint density at radius 1 is 1.31 bits per heavy atom. The molecule has 0 heterocycles. The molecule has 16 heavy (non-hydrogen) atoms. The first-order chi connectivity index (χ1) is 7.38. The largest absolute Gasteiger partial charge is 0.293 e. The number of Topliss-reactive ketones (excluding diaryl/α,β-unsaturated/α-hetero) is 1. The van der Waals surface area contributed by atoms with E-state index in [9.17, 15) is 13.2 Å². The molecule has 0 unspecified atom stereocenters. The second kappa shape index (κ2) is 5.10. The van der Waals surface area contributed by atoms with Gasteiger partial charge in [-0.15, -0.1) is 0 Å². The number of hydrogen-bond donors (Lipinski definition) is 0. The van der Waals surface area contributed by atoms with Crippen LogP contribution >= 0.6 is 15.9 Å². The van der Waals surface area contributed by atoms with Crippen LogP contribution in [0.3, 0.4) is 0 Å². The summed E-state index contributed by atoms with van der Waals surface area (Å²) in [4.78, 5) is 11.9. The van der Waals surface area contributed by atoms with Crippen LogP contribution in [0.2, 0.25) is 0 Å². The Labute approximate surface area is 104 Å². The third-order valence-corrected chi connectivity index (χ3v) is 5.06. The highest BCUT2D eigenvalue weighted by Crippen LogP contribution is 2.14. The van der Waals surface area contributed by atoms with Crippen molar-refractivity contribution in [2.24, 2.45) is 0 Å². The van der Waals surface area contributed by atoms with Gasteiger partial charge in [-0.25, -0.2) is 8.42 Å². The molecule has 0 fully saturated rings. The molecule has 1 atom stereocenters. The van der Waals surface area contributed by atoms with Crippen molar-refractivity contribution >= 4 is 31.6 Å². The first-order valence-electron chi connectivity index (χ1n) is 4.90. The van der Waals surface area contributed by atoms with Gasteiger partial charge in [0.05, 0.1) is 0 Å². The maximum atomic E-state index is 11.9. The second-order valence-electron chi connectivity index (χ2n) is 3.46. The van der Waals surface area contributed by atoms with Crippen LogP contribution in [0.25, 0.3) is 0 Å². The average molecular weight is 305 g/mol. The first-order valence-corrected chi connectivity index (χ1v) is 7.40. The van der Waals surface area contributed by atoms with E-state index in [0.717, 1.165) is 4.47 Å². The van der Waals surface area contributed by atoms with E-state index in [1.807, 2.05) is 0 Å². The van der Waals surface area contributed by atoms with Crippen LogP contribution in [0.5, 0.6) is 0 Å². The Bertz CT molecular complexity index is 476. The highest BCUT2D eigenvalue weighted by Gasteiger charge is 2.26. The number of carbonyl (C=O) groups excluding carboxylic acids is 1. The van der Waals surface area contributed by atoms with Crippen molar-refractivity contribution in [3.63, 3.8) is 0 Å². The predicted octanol–water partition coefficient (Wildman–Crippen LogP) is 2.46. The van der Waals surface area contributed by atoms with E-state index in [-0.39, 0.29) is 11.5 Å². The van der Waals surface area contributed by atoms with Crippen LogP contribution in [-0.4, -0.2) is 25.2 Å². The van der Waals surface area contributed by atoms with Crippen molar-refractivity contribution in [3.8, 4) is 0 Å². The molecular weight excluding hydrogens is 292 g/mol. The fourth-order valence-electron chi connectivity index (χ4n) is 1.26. The van der Waals surface area contributed by atoms with Crippen LogP contribution < -0.4 is 0 Å². The Morgan fingerprint density at radius 3 is 2.25 bits per heavy atom. The zero-order valence-electron chi connectivity index (χ0n) is 9.10. The molecule has 0 aliphatic rings. The van der Waals surface area contributed by atoms with Gasteiger partial charge in [0.2, 0.25) is 0 Å². The summed E-state index contributed by atoms with van der Waals surface area (Å²) in [7, 11) is -3.32. The summed E-state index contributed by atoms with van der Waals surface area (Å²) in [6.07, 6.45) is 0. The maximum absolute atomic E-state index is 11.9. The number of hydrogen-bond acceptors (Lipinski definition) is 3. The van der Waals surface area contributed by atoms with Gasteiger partial charge in [0.15, 0.2) is 15.6 Å². The topological polar surface area (TPSA) is 51.2 Å². The molecule has 1 rings (SSSR count). The Kier molecular flexibility index (Phi) is 4.27. The van der Waals surface area contributed by atoms with Crippen molar-refractivity contribution in [1.82, 2.24) is 0 Å². The van der Waals surface area contributed by atoms with Gasteiger partial charge in [0.25, 0.3) is 0 Å². The normalized spacial score (nSPS) is 13.4. The molecule has 5 heteroatoms. The summed E-state index contributed by atoms with van der Waals surface area (Å²) < 4.78 is 24.0. The van der Waals surface area contributed by atoms with Crippen LogP contribution in [0.4, 0.5) is 0 Å². The lowest BCUT2D eigenvalue weighted by Crippen LogP contribution is -2.28. The monoisotopic (exact) mass is 304 g/mol. The molecule has 0 aliphatic carbocycles. The highest BCUT2D eigenvalue weighted by molar-refractivity contribution is 9.10. The molecule has 1 aromatic rings. The van der Waals surface area contributed by atoms with Crippen LogP contribution in [0.15, 0.2) is 28.7 Å². The summed E-state index contributed by atoms with van der Waals surface area (Å²) in [6, 6.07) is 6.68. The van der Waals surface area contributed by atoms with E-state index < -0.39 is 15.1 Å². The minimum absolute atomic E-state index is 0.0174. The molecule has 0 N–H and O–H groups in total. The van der Waals surface area contributed by atoms with Crippen LogP contribution in [-0.2, 0) is 9.84 Å². The lowest BCUT2D eigenvalue weighted by Gasteiger charge is -2.10. The highest BCUT2D eigenvalue weighted by atomic mass is 79.9. The first kappa shape index (κ1) is 13.4. The van der Waals surface area contributed by atoms with Crippen molar-refractivity contribution < 1.29 is 13.2 Å². The van der Waals surface area contributed by atoms with Gasteiger partial charge in [-0.1, -0.05) is 35.0 Å². The quantitative estimate of drug-likeness (QED) is 0.803. The number of sulfone groups is 1. The average Bonchev–Trinajstić information content (AvgIpc) is 2.28. The van der Waals surface area contributed by atoms with Gasteiger partial charge in [-0.05, 0) is 19.1 Å². The molecule has 1 aromatic carbocycles. The molecule has 0 amide bonds. The van der Waals surface area contributed by atoms with Crippen molar-refractivity contribution in [2.45, 2.75) is 19.1 Å². The number of ketones is 1. The Morgan fingerprint density at radius 2 is 1.81 bits per heavy atom. The lowest BCUT2D eigenvalue weighted by molar-refractivity contribution is 0.0991. The lowest BCUT2D eigenvalue weighted by atomic mass is 10.1. The molecule has 88 valence electrons. The van der Waals surface area contributed by atoms with Gasteiger partial charge in [-0.2, -0.15) is 0 Å². The van der Waals surface area contributed by atoms with E-state index in [1.165, 1.54) is 6.92 Å². The number of benzene rings is 1. The molecule has 0 aliphatic heterocycles. The summed E-state index contributed by atoms with van der Waals surface area (Å²) in [6.45, 7) is 2.98. The van der Waals surface area contributed by atoms with Crippen molar-refractivity contribution in [2.75, 3.05) is 5.75 Å². The minimum Gasteiger partial charge on any atom is -0.293 e. The molecule has 0 saturated carbocycles. The van der Waals surface area contributed by atoms with Gasteiger partial charge >= 0.3 is 0 Å². The third-order valence-electron chi connectivity index (χ3n) is 2.44. The Balaban J connectivity index is 2.99. The smallest absolute Gasteiger partial charge is 0.180 e. The number of rotatable bonds is 4. The standard InChI is InChI=1S/C11H13BrO3S/c1-3-16(14,15)8(2)11(13)9-4-6-10(12)7-5-9/h4-8H,3H2,1-2H3/t8-/m0/s1. The maximum Gasteiger partial charge on any atom is 0.180 e. The van der Waals surface area contributed by atoms with E-state index in [0.29, 0.717) is 5.56 Å². The SMILES string of the molecule is CCS(=O)(=O)[C@@H](C)C(=O)c1ccc(Br)cc1. The molecule has 0 aromatic heterocycles. The molecule has 0 radical (unpaired) electrons. The van der Waals surface area contributed by atoms with E-state index in [4.69, 9.17) is 0 Å². The molecule has 3 nitrogen and oxygen atoms in total.